The van der Waals surface area contributed by atoms with E-state index in [0.717, 1.165) is 24.7 Å². The summed E-state index contributed by atoms with van der Waals surface area (Å²) in [5.41, 5.74) is 0. The Morgan fingerprint density at radius 1 is 0.931 bits per heavy atom. The summed E-state index contributed by atoms with van der Waals surface area (Å²) < 4.78 is 19.3. The molecule has 2 saturated heterocycles. The van der Waals surface area contributed by atoms with Gasteiger partial charge in [-0.25, -0.2) is 4.39 Å². The maximum absolute atomic E-state index is 13.7. The van der Waals surface area contributed by atoms with Gasteiger partial charge in [0.15, 0.2) is 29.3 Å². The first-order valence-electron chi connectivity index (χ1n) is 10.2. The van der Waals surface area contributed by atoms with Crippen LogP contribution >= 0.6 is 0 Å². The van der Waals surface area contributed by atoms with E-state index in [1.807, 2.05) is 12.1 Å². The number of para-hydroxylation sites is 1. The van der Waals surface area contributed by atoms with Gasteiger partial charge in [-0.2, -0.15) is 0 Å². The van der Waals surface area contributed by atoms with Crippen LogP contribution in [0, 0.1) is 5.82 Å². The highest BCUT2D eigenvalue weighted by Crippen LogP contribution is 2.21. The lowest BCUT2D eigenvalue weighted by molar-refractivity contribution is -0.138. The molecule has 4 rings (SSSR count). The van der Waals surface area contributed by atoms with Gasteiger partial charge in [0, 0.05) is 39.3 Å². The molecular weight excluding hydrogens is 373 g/mol. The minimum atomic E-state index is -0.738. The van der Waals surface area contributed by atoms with Gasteiger partial charge in [-0.05, 0) is 44.0 Å². The molecule has 0 N–H and O–H groups in total. The van der Waals surface area contributed by atoms with Crippen molar-refractivity contribution < 1.29 is 13.9 Å². The topological polar surface area (TPSA) is 61.8 Å². The van der Waals surface area contributed by atoms with E-state index in [4.69, 9.17) is 4.74 Å². The highest BCUT2D eigenvalue weighted by atomic mass is 19.1. The Labute approximate surface area is 170 Å². The van der Waals surface area contributed by atoms with E-state index in [2.05, 4.69) is 20.0 Å². The number of aromatic nitrogens is 2. The molecule has 0 saturated carbocycles. The number of carbonyl (C=O) groups excluding carboxylic acids is 1. The van der Waals surface area contributed by atoms with Crippen LogP contribution in [0.1, 0.15) is 19.8 Å². The fourth-order valence-electron chi connectivity index (χ4n) is 3.80. The summed E-state index contributed by atoms with van der Waals surface area (Å²) in [6.07, 6.45) is 1.68. The average molecular weight is 399 g/mol. The molecule has 0 bridgehead atoms. The van der Waals surface area contributed by atoms with Crippen molar-refractivity contribution >= 4 is 17.5 Å². The molecule has 1 atom stereocenters. The van der Waals surface area contributed by atoms with Crippen molar-refractivity contribution in [2.45, 2.75) is 25.9 Å². The predicted octanol–water partition coefficient (Wildman–Crippen LogP) is 2.33. The lowest BCUT2D eigenvalue weighted by Gasteiger charge is -2.36. The van der Waals surface area contributed by atoms with E-state index in [-0.39, 0.29) is 11.7 Å². The molecule has 1 aromatic carbocycles. The Bertz CT molecular complexity index is 833. The second kappa shape index (κ2) is 8.63. The van der Waals surface area contributed by atoms with Crippen LogP contribution in [0.2, 0.25) is 0 Å². The molecule has 3 heterocycles. The molecule has 1 unspecified atom stereocenters. The lowest BCUT2D eigenvalue weighted by atomic mass is 10.2. The summed E-state index contributed by atoms with van der Waals surface area (Å²) in [6, 6.07) is 10.2. The van der Waals surface area contributed by atoms with Crippen molar-refractivity contribution in [3.05, 3.63) is 42.2 Å². The van der Waals surface area contributed by atoms with Crippen LogP contribution in [0.25, 0.3) is 0 Å². The molecule has 1 aromatic heterocycles. The van der Waals surface area contributed by atoms with Crippen molar-refractivity contribution in [3.63, 3.8) is 0 Å². The Hall–Kier alpha value is -2.90. The molecule has 0 spiro atoms. The zero-order valence-electron chi connectivity index (χ0n) is 16.6. The number of anilines is 2. The maximum Gasteiger partial charge on any atom is 0.263 e. The fourth-order valence-corrected chi connectivity index (χ4v) is 3.80. The highest BCUT2D eigenvalue weighted by molar-refractivity contribution is 5.81. The quantitative estimate of drug-likeness (QED) is 0.769. The van der Waals surface area contributed by atoms with Gasteiger partial charge in [0.25, 0.3) is 5.91 Å². The van der Waals surface area contributed by atoms with E-state index >= 15 is 0 Å². The van der Waals surface area contributed by atoms with Crippen molar-refractivity contribution in [2.24, 2.45) is 0 Å². The first-order chi connectivity index (χ1) is 14.1. The summed E-state index contributed by atoms with van der Waals surface area (Å²) in [5.74, 6) is 1.26. The number of ether oxygens (including phenoxy) is 1. The van der Waals surface area contributed by atoms with Crippen molar-refractivity contribution in [1.82, 2.24) is 15.1 Å². The monoisotopic (exact) mass is 399 g/mol. The summed E-state index contributed by atoms with van der Waals surface area (Å²) in [4.78, 5) is 18.8. The van der Waals surface area contributed by atoms with Gasteiger partial charge in [0.1, 0.15) is 0 Å². The third kappa shape index (κ3) is 4.41. The number of amides is 1. The molecule has 0 radical (unpaired) electrons. The van der Waals surface area contributed by atoms with Crippen molar-refractivity contribution in [2.75, 3.05) is 49.1 Å². The van der Waals surface area contributed by atoms with Gasteiger partial charge in [-0.15, -0.1) is 10.2 Å². The fraction of sp³-hybridized carbons (Fsp3) is 0.476. The maximum atomic E-state index is 13.7. The number of halogens is 1. The first kappa shape index (κ1) is 19.4. The molecule has 7 nitrogen and oxygen atoms in total. The molecule has 29 heavy (non-hydrogen) atoms. The zero-order chi connectivity index (χ0) is 20.2. The van der Waals surface area contributed by atoms with E-state index in [0.29, 0.717) is 26.2 Å². The van der Waals surface area contributed by atoms with E-state index in [9.17, 15) is 9.18 Å². The van der Waals surface area contributed by atoms with Crippen LogP contribution < -0.4 is 14.5 Å². The zero-order valence-corrected chi connectivity index (χ0v) is 16.6. The Morgan fingerprint density at radius 2 is 1.52 bits per heavy atom. The SMILES string of the molecule is CC(Oc1ccccc1F)C(=O)N1CCN(c2ccc(N3CCCC3)nn2)CC1. The molecule has 154 valence electrons. The predicted molar refractivity (Wildman–Crippen MR) is 109 cm³/mol. The van der Waals surface area contributed by atoms with Gasteiger partial charge in [0.05, 0.1) is 0 Å². The smallest absolute Gasteiger partial charge is 0.263 e. The third-order valence-corrected chi connectivity index (χ3v) is 5.47. The van der Waals surface area contributed by atoms with E-state index in [1.165, 1.54) is 25.0 Å². The van der Waals surface area contributed by atoms with Crippen LogP contribution in [0.5, 0.6) is 5.75 Å². The largest absolute Gasteiger partial charge is 0.478 e. The summed E-state index contributed by atoms with van der Waals surface area (Å²) in [5, 5.41) is 8.75. The third-order valence-electron chi connectivity index (χ3n) is 5.47. The number of hydrogen-bond donors (Lipinski definition) is 0. The van der Waals surface area contributed by atoms with Crippen LogP contribution in [0.15, 0.2) is 36.4 Å². The summed E-state index contributed by atoms with van der Waals surface area (Å²) in [7, 11) is 0. The average Bonchev–Trinajstić information content (AvgIpc) is 3.30. The number of hydrogen-bond acceptors (Lipinski definition) is 6. The van der Waals surface area contributed by atoms with Crippen LogP contribution in [-0.4, -0.2) is 66.4 Å². The second-order valence-corrected chi connectivity index (χ2v) is 7.45. The lowest BCUT2D eigenvalue weighted by Crippen LogP contribution is -2.52. The molecule has 2 fully saturated rings. The number of carbonyl (C=O) groups is 1. The minimum absolute atomic E-state index is 0.0975. The van der Waals surface area contributed by atoms with Crippen molar-refractivity contribution in [1.29, 1.82) is 0 Å². The second-order valence-electron chi connectivity index (χ2n) is 7.45. The van der Waals surface area contributed by atoms with Crippen LogP contribution in [0.4, 0.5) is 16.0 Å². The number of piperazine rings is 1. The molecule has 2 aliphatic heterocycles. The van der Waals surface area contributed by atoms with Gasteiger partial charge >= 0.3 is 0 Å². The Morgan fingerprint density at radius 3 is 2.10 bits per heavy atom. The first-order valence-corrected chi connectivity index (χ1v) is 10.2. The van der Waals surface area contributed by atoms with Crippen molar-refractivity contribution in [3.8, 4) is 5.75 Å². The molecular formula is C21H26FN5O2. The molecule has 2 aromatic rings. The van der Waals surface area contributed by atoms with Gasteiger partial charge < -0.3 is 19.4 Å². The van der Waals surface area contributed by atoms with Gasteiger partial charge in [-0.3, -0.25) is 4.79 Å². The van der Waals surface area contributed by atoms with E-state index < -0.39 is 11.9 Å². The summed E-state index contributed by atoms with van der Waals surface area (Å²) in [6.45, 7) is 6.23. The molecule has 2 aliphatic rings. The number of rotatable bonds is 5. The van der Waals surface area contributed by atoms with Gasteiger partial charge in [0.2, 0.25) is 0 Å². The Kier molecular flexibility index (Phi) is 5.78. The summed E-state index contributed by atoms with van der Waals surface area (Å²) >= 11 is 0. The van der Waals surface area contributed by atoms with Crippen LogP contribution in [0.3, 0.4) is 0 Å². The Balaban J connectivity index is 1.30. The van der Waals surface area contributed by atoms with Gasteiger partial charge in [-0.1, -0.05) is 12.1 Å². The highest BCUT2D eigenvalue weighted by Gasteiger charge is 2.27. The number of nitrogens with zero attached hydrogens (tertiary/aromatic N) is 5. The standard InChI is InChI=1S/C21H26FN5O2/c1-16(29-18-7-3-2-6-17(18)22)21(28)27-14-12-26(13-15-27)20-9-8-19(23-24-20)25-10-4-5-11-25/h2-3,6-9,16H,4-5,10-15H2,1H3. The molecule has 1 amide bonds. The normalized spacial score (nSPS) is 18.1. The van der Waals surface area contributed by atoms with Crippen LogP contribution in [-0.2, 0) is 4.79 Å². The minimum Gasteiger partial charge on any atom is -0.478 e. The molecule has 0 aliphatic carbocycles. The number of benzene rings is 1. The van der Waals surface area contributed by atoms with E-state index in [1.54, 1.807) is 24.0 Å². The molecule has 8 heteroatoms.